The van der Waals surface area contributed by atoms with Crippen LogP contribution in [0.2, 0.25) is 0 Å². The van der Waals surface area contributed by atoms with Gasteiger partial charge in [-0.05, 0) is 74.6 Å². The summed E-state index contributed by atoms with van der Waals surface area (Å²) in [6.45, 7) is 11.0. The number of aryl methyl sites for hydroxylation is 3. The lowest BCUT2D eigenvalue weighted by atomic mass is 9.95. The Hall–Kier alpha value is -1.12. The molecule has 2 atom stereocenters. The fourth-order valence-corrected chi connectivity index (χ4v) is 3.20. The fourth-order valence-electron chi connectivity index (χ4n) is 2.79. The molecule has 0 aromatic heterocycles. The van der Waals surface area contributed by atoms with Crippen molar-refractivity contribution in [2.24, 2.45) is 0 Å². The third-order valence-electron chi connectivity index (χ3n) is 4.20. The fraction of sp³-hybridized carbons (Fsp3) is 0.368. The molecule has 0 saturated heterocycles. The van der Waals surface area contributed by atoms with Crippen molar-refractivity contribution in [2.75, 3.05) is 0 Å². The van der Waals surface area contributed by atoms with Gasteiger partial charge in [0.1, 0.15) is 0 Å². The number of benzene rings is 2. The van der Waals surface area contributed by atoms with E-state index in [1.165, 1.54) is 27.8 Å². The van der Waals surface area contributed by atoms with Crippen LogP contribution in [0.15, 0.2) is 40.9 Å². The van der Waals surface area contributed by atoms with Crippen molar-refractivity contribution < 1.29 is 0 Å². The summed E-state index contributed by atoms with van der Waals surface area (Å²) in [7, 11) is 0. The van der Waals surface area contributed by atoms with E-state index in [9.17, 15) is 0 Å². The second-order valence-electron chi connectivity index (χ2n) is 5.96. The van der Waals surface area contributed by atoms with E-state index >= 15 is 0 Å². The Balaban J connectivity index is 2.18. The van der Waals surface area contributed by atoms with Gasteiger partial charge in [-0.15, -0.1) is 0 Å². The predicted octanol–water partition coefficient (Wildman–Crippen LogP) is 5.79. The molecule has 2 heteroatoms. The van der Waals surface area contributed by atoms with Crippen LogP contribution in [0.25, 0.3) is 0 Å². The molecule has 0 aliphatic carbocycles. The van der Waals surface area contributed by atoms with E-state index in [0.29, 0.717) is 12.1 Å². The summed E-state index contributed by atoms with van der Waals surface area (Å²) in [5.74, 6) is 0. The molecule has 2 rings (SSSR count). The molecule has 0 spiro atoms. The quantitative estimate of drug-likeness (QED) is 0.739. The third kappa shape index (κ3) is 3.96. The summed E-state index contributed by atoms with van der Waals surface area (Å²) >= 11 is 3.54. The third-order valence-corrected chi connectivity index (χ3v) is 4.69. The van der Waals surface area contributed by atoms with Gasteiger partial charge in [-0.25, -0.2) is 0 Å². The molecule has 112 valence electrons. The summed E-state index contributed by atoms with van der Waals surface area (Å²) in [5, 5.41) is 3.71. The van der Waals surface area contributed by atoms with E-state index in [0.717, 1.165) is 4.47 Å². The first kappa shape index (κ1) is 16.3. The predicted molar refractivity (Wildman–Crippen MR) is 94.8 cm³/mol. The van der Waals surface area contributed by atoms with Crippen LogP contribution in [0.4, 0.5) is 0 Å². The minimum atomic E-state index is 0.318. The number of halogens is 1. The van der Waals surface area contributed by atoms with Crippen molar-refractivity contribution >= 4 is 15.9 Å². The van der Waals surface area contributed by atoms with Crippen molar-refractivity contribution in [1.82, 2.24) is 5.32 Å². The number of hydrogen-bond donors (Lipinski definition) is 1. The molecule has 0 amide bonds. The molecule has 1 N–H and O–H groups in total. The van der Waals surface area contributed by atoms with Gasteiger partial charge in [-0.3, -0.25) is 0 Å². The van der Waals surface area contributed by atoms with Crippen molar-refractivity contribution in [3.8, 4) is 0 Å². The molecule has 2 aromatic rings. The van der Waals surface area contributed by atoms with Crippen molar-refractivity contribution in [1.29, 1.82) is 0 Å². The van der Waals surface area contributed by atoms with E-state index < -0.39 is 0 Å². The Morgan fingerprint density at radius 2 is 1.52 bits per heavy atom. The Bertz CT molecular complexity index is 633. The zero-order chi connectivity index (χ0) is 15.6. The van der Waals surface area contributed by atoms with Crippen molar-refractivity contribution in [3.63, 3.8) is 0 Å². The smallest absolute Gasteiger partial charge is 0.0300 e. The number of rotatable bonds is 4. The van der Waals surface area contributed by atoms with Crippen LogP contribution in [-0.4, -0.2) is 0 Å². The molecule has 0 fully saturated rings. The van der Waals surface area contributed by atoms with Gasteiger partial charge in [-0.1, -0.05) is 40.2 Å². The Kier molecular flexibility index (Phi) is 5.23. The van der Waals surface area contributed by atoms with Crippen LogP contribution >= 0.6 is 15.9 Å². The molecule has 1 nitrogen and oxygen atoms in total. The zero-order valence-corrected chi connectivity index (χ0v) is 15.1. The lowest BCUT2D eigenvalue weighted by Crippen LogP contribution is -2.23. The van der Waals surface area contributed by atoms with Crippen LogP contribution in [0.3, 0.4) is 0 Å². The second kappa shape index (κ2) is 6.76. The van der Waals surface area contributed by atoms with Crippen LogP contribution in [-0.2, 0) is 0 Å². The Morgan fingerprint density at radius 3 is 2.19 bits per heavy atom. The van der Waals surface area contributed by atoms with Crippen LogP contribution < -0.4 is 5.32 Å². The summed E-state index contributed by atoms with van der Waals surface area (Å²) in [4.78, 5) is 0. The molecular formula is C19H24BrN. The maximum atomic E-state index is 3.71. The van der Waals surface area contributed by atoms with Crippen LogP contribution in [0, 0.1) is 20.8 Å². The lowest BCUT2D eigenvalue weighted by Gasteiger charge is -2.23. The molecule has 0 saturated carbocycles. The van der Waals surface area contributed by atoms with Gasteiger partial charge in [0.2, 0.25) is 0 Å². The van der Waals surface area contributed by atoms with E-state index in [4.69, 9.17) is 0 Å². The maximum Gasteiger partial charge on any atom is 0.0300 e. The molecule has 0 radical (unpaired) electrons. The number of nitrogens with one attached hydrogen (secondary N) is 1. The number of hydrogen-bond acceptors (Lipinski definition) is 1. The average molecular weight is 346 g/mol. The summed E-state index contributed by atoms with van der Waals surface area (Å²) in [5.41, 5.74) is 6.78. The zero-order valence-electron chi connectivity index (χ0n) is 13.5. The molecule has 0 bridgehead atoms. The maximum absolute atomic E-state index is 3.71. The second-order valence-corrected chi connectivity index (χ2v) is 6.87. The van der Waals surface area contributed by atoms with Gasteiger partial charge in [-0.2, -0.15) is 0 Å². The summed E-state index contributed by atoms with van der Waals surface area (Å²) in [6, 6.07) is 13.7. The van der Waals surface area contributed by atoms with Crippen molar-refractivity contribution in [3.05, 3.63) is 68.7 Å². The van der Waals surface area contributed by atoms with Crippen LogP contribution in [0.1, 0.15) is 53.7 Å². The minimum Gasteiger partial charge on any atom is -0.304 e. The van der Waals surface area contributed by atoms with Gasteiger partial charge >= 0.3 is 0 Å². The SMILES string of the molecule is Cc1cc(C)c(C(C)NC(C)c2cccc(Br)c2)cc1C. The van der Waals surface area contributed by atoms with E-state index in [2.05, 4.69) is 92.3 Å². The standard InChI is InChI=1S/C19H24BrN/c1-12-9-14(3)19(10-13(12)2)16(5)21-15(4)17-7-6-8-18(20)11-17/h6-11,15-16,21H,1-5H3. The molecule has 21 heavy (non-hydrogen) atoms. The van der Waals surface area contributed by atoms with Crippen LogP contribution in [0.5, 0.6) is 0 Å². The van der Waals surface area contributed by atoms with E-state index in [1.807, 2.05) is 0 Å². The highest BCUT2D eigenvalue weighted by Gasteiger charge is 2.14. The van der Waals surface area contributed by atoms with Gasteiger partial charge < -0.3 is 5.32 Å². The molecule has 0 aliphatic heterocycles. The average Bonchev–Trinajstić information content (AvgIpc) is 2.42. The van der Waals surface area contributed by atoms with Gasteiger partial charge in [0, 0.05) is 16.6 Å². The Labute approximate surface area is 136 Å². The molecule has 2 unspecified atom stereocenters. The minimum absolute atomic E-state index is 0.318. The lowest BCUT2D eigenvalue weighted by molar-refractivity contribution is 0.493. The largest absolute Gasteiger partial charge is 0.304 e. The Morgan fingerprint density at radius 1 is 0.857 bits per heavy atom. The van der Waals surface area contributed by atoms with E-state index in [-0.39, 0.29) is 0 Å². The van der Waals surface area contributed by atoms with Gasteiger partial charge in [0.25, 0.3) is 0 Å². The van der Waals surface area contributed by atoms with Crippen molar-refractivity contribution in [2.45, 2.75) is 46.7 Å². The van der Waals surface area contributed by atoms with Gasteiger partial charge in [0.15, 0.2) is 0 Å². The first-order chi connectivity index (χ1) is 9.88. The normalized spacial score (nSPS) is 14.0. The molecule has 0 heterocycles. The summed E-state index contributed by atoms with van der Waals surface area (Å²) < 4.78 is 1.13. The monoisotopic (exact) mass is 345 g/mol. The molecule has 0 aliphatic rings. The topological polar surface area (TPSA) is 12.0 Å². The van der Waals surface area contributed by atoms with E-state index in [1.54, 1.807) is 0 Å². The first-order valence-corrected chi connectivity index (χ1v) is 8.27. The highest BCUT2D eigenvalue weighted by atomic mass is 79.9. The highest BCUT2D eigenvalue weighted by Crippen LogP contribution is 2.25. The first-order valence-electron chi connectivity index (χ1n) is 7.47. The highest BCUT2D eigenvalue weighted by molar-refractivity contribution is 9.10. The molecule has 2 aromatic carbocycles. The molecular weight excluding hydrogens is 322 g/mol. The van der Waals surface area contributed by atoms with Gasteiger partial charge in [0.05, 0.1) is 0 Å². The summed E-state index contributed by atoms with van der Waals surface area (Å²) in [6.07, 6.45) is 0.